The second-order valence-corrected chi connectivity index (χ2v) is 4.30. The predicted octanol–water partition coefficient (Wildman–Crippen LogP) is 2.03. The first-order valence-electron chi connectivity index (χ1n) is 5.92. The number of hydrogen-bond acceptors (Lipinski definition) is 3. The molecule has 1 aliphatic heterocycles. The van der Waals surface area contributed by atoms with Crippen LogP contribution >= 0.6 is 0 Å². The Bertz CT molecular complexity index is 449. The van der Waals surface area contributed by atoms with Crippen LogP contribution < -0.4 is 11.3 Å². The molecule has 0 amide bonds. The minimum Gasteiger partial charge on any atom is -0.501 e. The number of hydrogen-bond donors (Lipinski definition) is 2. The van der Waals surface area contributed by atoms with E-state index < -0.39 is 11.6 Å². The lowest BCUT2D eigenvalue weighted by Gasteiger charge is -2.22. The van der Waals surface area contributed by atoms with E-state index in [1.54, 1.807) is 12.3 Å². The summed E-state index contributed by atoms with van der Waals surface area (Å²) in [5.41, 5.74) is 3.92. The fourth-order valence-electron chi connectivity index (χ4n) is 2.06. The van der Waals surface area contributed by atoms with E-state index in [0.29, 0.717) is 18.6 Å². The highest BCUT2D eigenvalue weighted by molar-refractivity contribution is 5.23. The van der Waals surface area contributed by atoms with E-state index in [1.165, 1.54) is 6.07 Å². The molecule has 1 aromatic rings. The standard InChI is InChI=1S/C13H16F2N2O/c14-11-5-1-3-9(13(11)15)7-12(17-16)10-4-2-6-18-8-10/h1,3,5,8,12,17H,2,4,6-7,16H2. The van der Waals surface area contributed by atoms with Gasteiger partial charge in [0.1, 0.15) is 0 Å². The normalized spacial score (nSPS) is 16.9. The molecular formula is C13H16F2N2O. The Kier molecular flexibility index (Phi) is 4.28. The molecule has 1 atom stereocenters. The molecule has 1 heterocycles. The fourth-order valence-corrected chi connectivity index (χ4v) is 2.06. The molecule has 0 saturated carbocycles. The van der Waals surface area contributed by atoms with Crippen LogP contribution in [-0.4, -0.2) is 12.6 Å². The van der Waals surface area contributed by atoms with Crippen molar-refractivity contribution in [2.24, 2.45) is 5.84 Å². The summed E-state index contributed by atoms with van der Waals surface area (Å²) in [5.74, 6) is 3.83. The Morgan fingerprint density at radius 1 is 1.39 bits per heavy atom. The Morgan fingerprint density at radius 2 is 2.22 bits per heavy atom. The van der Waals surface area contributed by atoms with Crippen LogP contribution in [0.2, 0.25) is 0 Å². The highest BCUT2D eigenvalue weighted by atomic mass is 19.2. The van der Waals surface area contributed by atoms with Gasteiger partial charge in [-0.25, -0.2) is 8.78 Å². The van der Waals surface area contributed by atoms with Gasteiger partial charge in [0.15, 0.2) is 11.6 Å². The number of nitrogens with two attached hydrogens (primary N) is 1. The smallest absolute Gasteiger partial charge is 0.162 e. The van der Waals surface area contributed by atoms with Gasteiger partial charge in [-0.05, 0) is 36.5 Å². The molecule has 1 aliphatic rings. The summed E-state index contributed by atoms with van der Waals surface area (Å²) >= 11 is 0. The summed E-state index contributed by atoms with van der Waals surface area (Å²) in [4.78, 5) is 0. The van der Waals surface area contributed by atoms with Crippen molar-refractivity contribution in [2.45, 2.75) is 25.3 Å². The Morgan fingerprint density at radius 3 is 2.89 bits per heavy atom. The molecule has 0 radical (unpaired) electrons. The van der Waals surface area contributed by atoms with Crippen LogP contribution in [0.5, 0.6) is 0 Å². The maximum atomic E-state index is 13.6. The van der Waals surface area contributed by atoms with Crippen molar-refractivity contribution in [3.63, 3.8) is 0 Å². The number of halogens is 2. The van der Waals surface area contributed by atoms with Crippen LogP contribution in [0, 0.1) is 11.6 Å². The molecule has 0 spiro atoms. The molecule has 0 saturated heterocycles. The van der Waals surface area contributed by atoms with Crippen molar-refractivity contribution in [3.05, 3.63) is 47.2 Å². The highest BCUT2D eigenvalue weighted by Gasteiger charge is 2.19. The van der Waals surface area contributed by atoms with Crippen molar-refractivity contribution in [3.8, 4) is 0 Å². The molecule has 0 fully saturated rings. The Labute approximate surface area is 105 Å². The monoisotopic (exact) mass is 254 g/mol. The molecule has 5 heteroatoms. The van der Waals surface area contributed by atoms with Crippen molar-refractivity contribution < 1.29 is 13.5 Å². The van der Waals surface area contributed by atoms with E-state index in [4.69, 9.17) is 10.6 Å². The molecule has 0 aromatic heterocycles. The zero-order valence-electron chi connectivity index (χ0n) is 9.96. The predicted molar refractivity (Wildman–Crippen MR) is 64.4 cm³/mol. The number of nitrogens with one attached hydrogen (secondary N) is 1. The molecule has 2 rings (SSSR count). The molecule has 18 heavy (non-hydrogen) atoms. The van der Waals surface area contributed by atoms with Gasteiger partial charge >= 0.3 is 0 Å². The lowest BCUT2D eigenvalue weighted by molar-refractivity contribution is 0.219. The van der Waals surface area contributed by atoms with Crippen LogP contribution in [-0.2, 0) is 11.2 Å². The first-order valence-corrected chi connectivity index (χ1v) is 5.92. The first-order chi connectivity index (χ1) is 8.72. The maximum Gasteiger partial charge on any atom is 0.162 e. The summed E-state index contributed by atoms with van der Waals surface area (Å²) in [6.07, 6.45) is 3.72. The van der Waals surface area contributed by atoms with Gasteiger partial charge in [0.05, 0.1) is 12.9 Å². The molecular weight excluding hydrogens is 238 g/mol. The van der Waals surface area contributed by atoms with Gasteiger partial charge in [0, 0.05) is 6.04 Å². The summed E-state index contributed by atoms with van der Waals surface area (Å²) in [5, 5.41) is 0. The van der Waals surface area contributed by atoms with E-state index in [-0.39, 0.29) is 6.04 Å². The van der Waals surface area contributed by atoms with Gasteiger partial charge in [0.25, 0.3) is 0 Å². The quantitative estimate of drug-likeness (QED) is 0.638. The number of hydrazine groups is 1. The SMILES string of the molecule is NNC(Cc1cccc(F)c1F)C1=COCCC1. The number of benzene rings is 1. The Balaban J connectivity index is 2.15. The van der Waals surface area contributed by atoms with E-state index in [9.17, 15) is 8.78 Å². The third-order valence-electron chi connectivity index (χ3n) is 3.07. The third kappa shape index (κ3) is 2.86. The second kappa shape index (κ2) is 5.93. The Hall–Kier alpha value is -1.46. The van der Waals surface area contributed by atoms with E-state index in [2.05, 4.69) is 5.43 Å². The van der Waals surface area contributed by atoms with Crippen LogP contribution in [0.1, 0.15) is 18.4 Å². The molecule has 0 bridgehead atoms. The molecule has 98 valence electrons. The van der Waals surface area contributed by atoms with Gasteiger partial charge in [-0.15, -0.1) is 0 Å². The second-order valence-electron chi connectivity index (χ2n) is 4.30. The van der Waals surface area contributed by atoms with Crippen LogP contribution in [0.15, 0.2) is 30.0 Å². The summed E-state index contributed by atoms with van der Waals surface area (Å²) < 4.78 is 31.9. The molecule has 3 nitrogen and oxygen atoms in total. The minimum atomic E-state index is -0.836. The molecule has 3 N–H and O–H groups in total. The van der Waals surface area contributed by atoms with Gasteiger partial charge < -0.3 is 4.74 Å². The third-order valence-corrected chi connectivity index (χ3v) is 3.07. The van der Waals surface area contributed by atoms with Crippen molar-refractivity contribution >= 4 is 0 Å². The molecule has 1 unspecified atom stereocenters. The van der Waals surface area contributed by atoms with E-state index >= 15 is 0 Å². The van der Waals surface area contributed by atoms with E-state index in [1.807, 2.05) is 0 Å². The average molecular weight is 254 g/mol. The lowest BCUT2D eigenvalue weighted by Crippen LogP contribution is -2.39. The minimum absolute atomic E-state index is 0.235. The zero-order chi connectivity index (χ0) is 13.0. The molecule has 1 aromatic carbocycles. The van der Waals surface area contributed by atoms with Crippen molar-refractivity contribution in [1.82, 2.24) is 5.43 Å². The number of rotatable bonds is 4. The maximum absolute atomic E-state index is 13.6. The summed E-state index contributed by atoms with van der Waals surface area (Å²) in [7, 11) is 0. The summed E-state index contributed by atoms with van der Waals surface area (Å²) in [6, 6.07) is 3.92. The van der Waals surface area contributed by atoms with Gasteiger partial charge in [-0.2, -0.15) is 0 Å². The van der Waals surface area contributed by atoms with Crippen LogP contribution in [0.25, 0.3) is 0 Å². The van der Waals surface area contributed by atoms with E-state index in [0.717, 1.165) is 24.5 Å². The van der Waals surface area contributed by atoms with Crippen molar-refractivity contribution in [1.29, 1.82) is 0 Å². The summed E-state index contributed by atoms with van der Waals surface area (Å²) in [6.45, 7) is 0.690. The van der Waals surface area contributed by atoms with Gasteiger partial charge in [-0.1, -0.05) is 12.1 Å². The lowest BCUT2D eigenvalue weighted by atomic mass is 9.96. The van der Waals surface area contributed by atoms with Crippen LogP contribution in [0.3, 0.4) is 0 Å². The van der Waals surface area contributed by atoms with Crippen LogP contribution in [0.4, 0.5) is 8.78 Å². The number of ether oxygens (including phenoxy) is 1. The zero-order valence-corrected chi connectivity index (χ0v) is 9.96. The largest absolute Gasteiger partial charge is 0.501 e. The van der Waals surface area contributed by atoms with Crippen molar-refractivity contribution in [2.75, 3.05) is 6.61 Å². The van der Waals surface area contributed by atoms with Gasteiger partial charge in [0.2, 0.25) is 0 Å². The first kappa shape index (κ1) is 13.0. The fraction of sp³-hybridized carbons (Fsp3) is 0.385. The average Bonchev–Trinajstić information content (AvgIpc) is 2.41. The molecule has 0 aliphatic carbocycles. The highest BCUT2D eigenvalue weighted by Crippen LogP contribution is 2.20. The topological polar surface area (TPSA) is 47.3 Å². The van der Waals surface area contributed by atoms with Gasteiger partial charge in [-0.3, -0.25) is 11.3 Å².